The molecule has 1 aromatic carbocycles. The van der Waals surface area contributed by atoms with E-state index in [-0.39, 0.29) is 5.41 Å². The summed E-state index contributed by atoms with van der Waals surface area (Å²) in [5, 5.41) is 0. The number of allylic oxidation sites excluding steroid dienone is 5. The molecule has 0 heterocycles. The summed E-state index contributed by atoms with van der Waals surface area (Å²) in [6, 6.07) is 10.5. The molecule has 0 radical (unpaired) electrons. The Morgan fingerprint density at radius 2 is 1.81 bits per heavy atom. The lowest BCUT2D eigenvalue weighted by Gasteiger charge is -2.26. The van der Waals surface area contributed by atoms with Crippen molar-refractivity contribution in [3.8, 4) is 0 Å². The molecule has 0 fully saturated rings. The van der Waals surface area contributed by atoms with Crippen LogP contribution in [0.15, 0.2) is 66.8 Å². The van der Waals surface area contributed by atoms with Crippen molar-refractivity contribution in [2.75, 3.05) is 0 Å². The number of benzene rings is 1. The fourth-order valence-electron chi connectivity index (χ4n) is 1.75. The minimum Gasteiger partial charge on any atom is -0.0988 e. The maximum Gasteiger partial charge on any atom is 0.0146 e. The van der Waals surface area contributed by atoms with Crippen LogP contribution in [0.3, 0.4) is 0 Å². The Balaban J connectivity index is 3.13. The van der Waals surface area contributed by atoms with Gasteiger partial charge >= 0.3 is 0 Å². The van der Waals surface area contributed by atoms with Crippen LogP contribution in [0.1, 0.15) is 26.3 Å². The second-order valence-corrected chi connectivity index (χ2v) is 4.34. The van der Waals surface area contributed by atoms with Crippen molar-refractivity contribution in [2.24, 2.45) is 0 Å². The Bertz CT molecular complexity index is 391. The highest BCUT2D eigenvalue weighted by molar-refractivity contribution is 5.40. The standard InChI is InChI=1S/C16H20/c1-5-7-11-14(6-2)16(3,4)15-12-9-8-10-13-15/h5-13H,2H2,1,3-4H3/b7-5-,14-11+. The minimum atomic E-state index is 0.00250. The van der Waals surface area contributed by atoms with Crippen LogP contribution in [0.25, 0.3) is 0 Å². The van der Waals surface area contributed by atoms with Crippen LogP contribution in [-0.4, -0.2) is 0 Å². The van der Waals surface area contributed by atoms with Gasteiger partial charge in [0.15, 0.2) is 0 Å². The van der Waals surface area contributed by atoms with E-state index < -0.39 is 0 Å². The van der Waals surface area contributed by atoms with Crippen molar-refractivity contribution in [3.63, 3.8) is 0 Å². The van der Waals surface area contributed by atoms with Gasteiger partial charge in [0, 0.05) is 5.41 Å². The lowest BCUT2D eigenvalue weighted by Crippen LogP contribution is -2.19. The lowest BCUT2D eigenvalue weighted by atomic mass is 9.77. The van der Waals surface area contributed by atoms with E-state index in [1.54, 1.807) is 0 Å². The smallest absolute Gasteiger partial charge is 0.0146 e. The fraction of sp³-hybridized carbons (Fsp3) is 0.250. The zero-order valence-electron chi connectivity index (χ0n) is 10.4. The topological polar surface area (TPSA) is 0 Å². The Hall–Kier alpha value is -1.56. The summed E-state index contributed by atoms with van der Waals surface area (Å²) in [5.41, 5.74) is 2.55. The Kier molecular flexibility index (Phi) is 4.30. The first-order valence-corrected chi connectivity index (χ1v) is 5.64. The third-order valence-electron chi connectivity index (χ3n) is 2.91. The van der Waals surface area contributed by atoms with Crippen molar-refractivity contribution in [3.05, 3.63) is 72.4 Å². The molecule has 0 bridgehead atoms. The van der Waals surface area contributed by atoms with Crippen LogP contribution in [0, 0.1) is 0 Å². The highest BCUT2D eigenvalue weighted by Crippen LogP contribution is 2.31. The van der Waals surface area contributed by atoms with E-state index >= 15 is 0 Å². The molecule has 0 saturated carbocycles. The monoisotopic (exact) mass is 212 g/mol. The van der Waals surface area contributed by atoms with E-state index in [9.17, 15) is 0 Å². The van der Waals surface area contributed by atoms with Crippen LogP contribution in [0.5, 0.6) is 0 Å². The number of hydrogen-bond donors (Lipinski definition) is 0. The normalized spacial score (nSPS) is 13.1. The molecule has 0 N–H and O–H groups in total. The van der Waals surface area contributed by atoms with E-state index in [0.717, 1.165) is 0 Å². The van der Waals surface area contributed by atoms with E-state index in [0.29, 0.717) is 0 Å². The highest BCUT2D eigenvalue weighted by Gasteiger charge is 2.22. The molecule has 0 aliphatic rings. The molecule has 0 heteroatoms. The summed E-state index contributed by atoms with van der Waals surface area (Å²) in [7, 11) is 0. The van der Waals surface area contributed by atoms with Gasteiger partial charge in [-0.3, -0.25) is 0 Å². The Morgan fingerprint density at radius 3 is 2.31 bits per heavy atom. The largest absolute Gasteiger partial charge is 0.0988 e. The third-order valence-corrected chi connectivity index (χ3v) is 2.91. The molecule has 0 unspecified atom stereocenters. The molecule has 0 atom stereocenters. The maximum absolute atomic E-state index is 3.90. The van der Waals surface area contributed by atoms with Crippen LogP contribution < -0.4 is 0 Å². The van der Waals surface area contributed by atoms with Gasteiger partial charge in [-0.15, -0.1) is 0 Å². The molecule has 0 aliphatic carbocycles. The van der Waals surface area contributed by atoms with Crippen molar-refractivity contribution >= 4 is 0 Å². The fourth-order valence-corrected chi connectivity index (χ4v) is 1.75. The second kappa shape index (κ2) is 5.50. The summed E-state index contributed by atoms with van der Waals surface area (Å²) >= 11 is 0. The van der Waals surface area contributed by atoms with E-state index in [4.69, 9.17) is 0 Å². The third kappa shape index (κ3) is 2.73. The highest BCUT2D eigenvalue weighted by atomic mass is 14.3. The molecule has 0 nitrogen and oxygen atoms in total. The summed E-state index contributed by atoms with van der Waals surface area (Å²) in [6.45, 7) is 10.4. The van der Waals surface area contributed by atoms with Gasteiger partial charge < -0.3 is 0 Å². The average Bonchev–Trinajstić information content (AvgIpc) is 2.31. The predicted molar refractivity (Wildman–Crippen MR) is 72.6 cm³/mol. The first-order valence-electron chi connectivity index (χ1n) is 5.64. The van der Waals surface area contributed by atoms with Crippen LogP contribution >= 0.6 is 0 Å². The molecular weight excluding hydrogens is 192 g/mol. The summed E-state index contributed by atoms with van der Waals surface area (Å²) in [5.74, 6) is 0. The van der Waals surface area contributed by atoms with E-state index in [2.05, 4.69) is 56.8 Å². The molecule has 0 aromatic heterocycles. The van der Waals surface area contributed by atoms with Gasteiger partial charge in [-0.05, 0) is 18.1 Å². The molecule has 1 aromatic rings. The first-order chi connectivity index (χ1) is 7.62. The van der Waals surface area contributed by atoms with Gasteiger partial charge in [-0.25, -0.2) is 0 Å². The van der Waals surface area contributed by atoms with Crippen LogP contribution in [-0.2, 0) is 5.41 Å². The molecule has 0 aliphatic heterocycles. The summed E-state index contributed by atoms with van der Waals surface area (Å²) in [6.07, 6.45) is 8.15. The van der Waals surface area contributed by atoms with Gasteiger partial charge in [0.2, 0.25) is 0 Å². The van der Waals surface area contributed by atoms with Crippen molar-refractivity contribution in [1.29, 1.82) is 0 Å². The zero-order chi connectivity index (χ0) is 12.0. The SMILES string of the molecule is C=C/C(=C\C=C/C)C(C)(C)c1ccccc1. The summed E-state index contributed by atoms with van der Waals surface area (Å²) in [4.78, 5) is 0. The van der Waals surface area contributed by atoms with Crippen LogP contribution in [0.2, 0.25) is 0 Å². The van der Waals surface area contributed by atoms with Crippen LogP contribution in [0.4, 0.5) is 0 Å². The second-order valence-electron chi connectivity index (χ2n) is 4.34. The van der Waals surface area contributed by atoms with Gasteiger partial charge in [0.25, 0.3) is 0 Å². The molecule has 0 spiro atoms. The van der Waals surface area contributed by atoms with Gasteiger partial charge in [-0.1, -0.05) is 75.1 Å². The molecule has 0 saturated heterocycles. The van der Waals surface area contributed by atoms with Crippen molar-refractivity contribution in [1.82, 2.24) is 0 Å². The minimum absolute atomic E-state index is 0.00250. The van der Waals surface area contributed by atoms with E-state index in [1.807, 2.05) is 25.1 Å². The lowest BCUT2D eigenvalue weighted by molar-refractivity contribution is 0.639. The Morgan fingerprint density at radius 1 is 1.19 bits per heavy atom. The van der Waals surface area contributed by atoms with E-state index in [1.165, 1.54) is 11.1 Å². The molecule has 1 rings (SSSR count). The van der Waals surface area contributed by atoms with Crippen molar-refractivity contribution in [2.45, 2.75) is 26.2 Å². The van der Waals surface area contributed by atoms with Crippen molar-refractivity contribution < 1.29 is 0 Å². The van der Waals surface area contributed by atoms with Gasteiger partial charge in [0.1, 0.15) is 0 Å². The molecule has 0 amide bonds. The maximum atomic E-state index is 3.90. The summed E-state index contributed by atoms with van der Waals surface area (Å²) < 4.78 is 0. The number of rotatable bonds is 4. The van der Waals surface area contributed by atoms with Gasteiger partial charge in [-0.2, -0.15) is 0 Å². The van der Waals surface area contributed by atoms with Gasteiger partial charge in [0.05, 0.1) is 0 Å². The first kappa shape index (κ1) is 12.5. The molecule has 16 heavy (non-hydrogen) atoms. The average molecular weight is 212 g/mol. The zero-order valence-corrected chi connectivity index (χ0v) is 10.4. The molecule has 84 valence electrons. The molecular formula is C16H20. The quantitative estimate of drug-likeness (QED) is 0.637. The Labute approximate surface area is 99.0 Å². The number of hydrogen-bond acceptors (Lipinski definition) is 0. The predicted octanol–water partition coefficient (Wildman–Crippen LogP) is 4.65.